The van der Waals surface area contributed by atoms with E-state index in [-0.39, 0.29) is 6.61 Å². The first-order valence-electron chi connectivity index (χ1n) is 3.76. The largest absolute Gasteiger partial charge is 0.481 e. The summed E-state index contributed by atoms with van der Waals surface area (Å²) in [5, 5.41) is 19.0. The summed E-state index contributed by atoms with van der Waals surface area (Å²) >= 11 is 0. The van der Waals surface area contributed by atoms with Crippen molar-refractivity contribution in [2.24, 2.45) is 0 Å². The second-order valence-corrected chi connectivity index (χ2v) is 2.35. The van der Waals surface area contributed by atoms with Crippen LogP contribution in [0.1, 0.15) is 19.3 Å². The van der Waals surface area contributed by atoms with Gasteiger partial charge in [0.05, 0.1) is 0 Å². The minimum Gasteiger partial charge on any atom is -0.481 e. The first-order chi connectivity index (χ1) is 5.66. The zero-order chi connectivity index (χ0) is 9.40. The molecule has 5 nitrogen and oxygen atoms in total. The molecular weight excluding hydrogens is 162 g/mol. The summed E-state index contributed by atoms with van der Waals surface area (Å²) in [6.45, 7) is 0.515. The molecule has 12 heavy (non-hydrogen) atoms. The molecule has 1 amide bonds. The van der Waals surface area contributed by atoms with Crippen LogP contribution in [0.3, 0.4) is 0 Å². The van der Waals surface area contributed by atoms with E-state index in [1.54, 1.807) is 0 Å². The third-order valence-electron chi connectivity index (χ3n) is 1.22. The molecule has 0 aliphatic carbocycles. The number of carboxylic acids is 1. The second kappa shape index (κ2) is 6.60. The lowest BCUT2D eigenvalue weighted by Gasteiger charge is -2.01. The number of nitrogens with one attached hydrogen (secondary N) is 1. The fraction of sp³-hybridized carbons (Fsp3) is 0.714. The van der Waals surface area contributed by atoms with E-state index in [2.05, 4.69) is 5.32 Å². The van der Waals surface area contributed by atoms with Crippen LogP contribution in [-0.2, 0) is 9.59 Å². The summed E-state index contributed by atoms with van der Waals surface area (Å²) < 4.78 is 0. The van der Waals surface area contributed by atoms with E-state index in [4.69, 9.17) is 10.2 Å². The number of carbonyl (C=O) groups is 2. The molecule has 0 bridgehead atoms. The number of rotatable bonds is 6. The molecule has 5 heteroatoms. The fourth-order valence-electron chi connectivity index (χ4n) is 0.664. The van der Waals surface area contributed by atoms with Gasteiger partial charge in [-0.05, 0) is 12.8 Å². The Hall–Kier alpha value is -1.10. The number of carboxylic acid groups (broad SMARTS) is 1. The standard InChI is InChI=1S/C7H13NO4/c9-4-2-1-3-8-6(10)5-7(11)12/h9H,1-5H2,(H,8,10)(H,11,12). The van der Waals surface area contributed by atoms with Crippen LogP contribution in [0.5, 0.6) is 0 Å². The van der Waals surface area contributed by atoms with E-state index in [0.717, 1.165) is 0 Å². The first kappa shape index (κ1) is 10.9. The summed E-state index contributed by atoms with van der Waals surface area (Å²) in [5.41, 5.74) is 0. The Labute approximate surface area is 70.4 Å². The molecule has 0 aliphatic rings. The average Bonchev–Trinajstić information content (AvgIpc) is 1.97. The van der Waals surface area contributed by atoms with Gasteiger partial charge < -0.3 is 15.5 Å². The molecule has 0 aromatic heterocycles. The molecule has 0 aromatic rings. The van der Waals surface area contributed by atoms with Crippen LogP contribution in [-0.4, -0.2) is 35.2 Å². The summed E-state index contributed by atoms with van der Waals surface area (Å²) in [4.78, 5) is 20.7. The van der Waals surface area contributed by atoms with Crippen LogP contribution in [0.2, 0.25) is 0 Å². The summed E-state index contributed by atoms with van der Waals surface area (Å²) in [6, 6.07) is 0. The van der Waals surface area contributed by atoms with Gasteiger partial charge in [0.1, 0.15) is 6.42 Å². The maximum absolute atomic E-state index is 10.7. The van der Waals surface area contributed by atoms with Crippen molar-refractivity contribution in [1.82, 2.24) is 5.32 Å². The van der Waals surface area contributed by atoms with Crippen molar-refractivity contribution < 1.29 is 19.8 Å². The van der Waals surface area contributed by atoms with Crippen LogP contribution in [0.25, 0.3) is 0 Å². The summed E-state index contributed by atoms with van der Waals surface area (Å²) in [7, 11) is 0. The molecule has 0 spiro atoms. The lowest BCUT2D eigenvalue weighted by molar-refractivity contribution is -0.140. The number of aliphatic hydroxyl groups excluding tert-OH is 1. The number of aliphatic carboxylic acids is 1. The van der Waals surface area contributed by atoms with Gasteiger partial charge in [0.25, 0.3) is 0 Å². The van der Waals surface area contributed by atoms with Gasteiger partial charge in [0, 0.05) is 13.2 Å². The monoisotopic (exact) mass is 175 g/mol. The lowest BCUT2D eigenvalue weighted by atomic mass is 10.3. The van der Waals surface area contributed by atoms with E-state index < -0.39 is 18.3 Å². The van der Waals surface area contributed by atoms with Gasteiger partial charge in [-0.1, -0.05) is 0 Å². The summed E-state index contributed by atoms with van der Waals surface area (Å²) in [5.74, 6) is -1.62. The zero-order valence-electron chi connectivity index (χ0n) is 6.75. The Bertz CT molecular complexity index is 157. The maximum atomic E-state index is 10.7. The predicted molar refractivity (Wildman–Crippen MR) is 41.6 cm³/mol. The van der Waals surface area contributed by atoms with Gasteiger partial charge in [-0.25, -0.2) is 0 Å². The second-order valence-electron chi connectivity index (χ2n) is 2.35. The van der Waals surface area contributed by atoms with Crippen LogP contribution < -0.4 is 5.32 Å². The van der Waals surface area contributed by atoms with Gasteiger partial charge in [0.2, 0.25) is 5.91 Å². The third kappa shape index (κ3) is 7.01. The number of carbonyl (C=O) groups excluding carboxylic acids is 1. The average molecular weight is 175 g/mol. The van der Waals surface area contributed by atoms with Crippen molar-refractivity contribution in [3.63, 3.8) is 0 Å². The lowest BCUT2D eigenvalue weighted by Crippen LogP contribution is -2.26. The van der Waals surface area contributed by atoms with E-state index in [9.17, 15) is 9.59 Å². The fourth-order valence-corrected chi connectivity index (χ4v) is 0.664. The van der Waals surface area contributed by atoms with Crippen molar-refractivity contribution >= 4 is 11.9 Å². The third-order valence-corrected chi connectivity index (χ3v) is 1.22. The van der Waals surface area contributed by atoms with Crippen molar-refractivity contribution in [3.05, 3.63) is 0 Å². The number of hydrogen-bond acceptors (Lipinski definition) is 3. The topological polar surface area (TPSA) is 86.6 Å². The van der Waals surface area contributed by atoms with Crippen molar-refractivity contribution in [1.29, 1.82) is 0 Å². The van der Waals surface area contributed by atoms with Gasteiger partial charge >= 0.3 is 5.97 Å². The molecule has 0 rings (SSSR count). The smallest absolute Gasteiger partial charge is 0.312 e. The Morgan fingerprint density at radius 2 is 1.92 bits per heavy atom. The molecule has 3 N–H and O–H groups in total. The molecule has 0 heterocycles. The van der Waals surface area contributed by atoms with Crippen LogP contribution in [0, 0.1) is 0 Å². The number of amides is 1. The van der Waals surface area contributed by atoms with E-state index in [1.165, 1.54) is 0 Å². The van der Waals surface area contributed by atoms with E-state index in [0.29, 0.717) is 19.4 Å². The minimum absolute atomic E-state index is 0.0921. The highest BCUT2D eigenvalue weighted by molar-refractivity contribution is 5.93. The van der Waals surface area contributed by atoms with Gasteiger partial charge in [0.15, 0.2) is 0 Å². The summed E-state index contributed by atoms with van der Waals surface area (Å²) in [6.07, 6.45) is 0.800. The number of unbranched alkanes of at least 4 members (excludes halogenated alkanes) is 1. The Kier molecular flexibility index (Phi) is 6.00. The van der Waals surface area contributed by atoms with Crippen LogP contribution in [0.15, 0.2) is 0 Å². The molecule has 0 aliphatic heterocycles. The van der Waals surface area contributed by atoms with Crippen molar-refractivity contribution in [2.75, 3.05) is 13.2 Å². The highest BCUT2D eigenvalue weighted by Crippen LogP contribution is 1.85. The molecular formula is C7H13NO4. The zero-order valence-corrected chi connectivity index (χ0v) is 6.75. The normalized spacial score (nSPS) is 9.42. The molecule has 0 fully saturated rings. The number of aliphatic hydroxyl groups is 1. The quantitative estimate of drug-likeness (QED) is 0.370. The van der Waals surface area contributed by atoms with Crippen molar-refractivity contribution in [2.45, 2.75) is 19.3 Å². The molecule has 0 saturated heterocycles. The Morgan fingerprint density at radius 3 is 2.42 bits per heavy atom. The SMILES string of the molecule is O=C(O)CC(=O)NCCCCO. The highest BCUT2D eigenvalue weighted by Gasteiger charge is 2.05. The molecule has 0 atom stereocenters. The van der Waals surface area contributed by atoms with Gasteiger partial charge in [-0.2, -0.15) is 0 Å². The van der Waals surface area contributed by atoms with E-state index >= 15 is 0 Å². The molecule has 70 valence electrons. The Balaban J connectivity index is 3.26. The van der Waals surface area contributed by atoms with Crippen LogP contribution in [0.4, 0.5) is 0 Å². The molecule has 0 aromatic carbocycles. The minimum atomic E-state index is -1.13. The van der Waals surface area contributed by atoms with Gasteiger partial charge in [-0.3, -0.25) is 9.59 Å². The highest BCUT2D eigenvalue weighted by atomic mass is 16.4. The Morgan fingerprint density at radius 1 is 1.25 bits per heavy atom. The van der Waals surface area contributed by atoms with Crippen LogP contribution >= 0.6 is 0 Å². The molecule has 0 radical (unpaired) electrons. The molecule has 0 saturated carbocycles. The van der Waals surface area contributed by atoms with E-state index in [1.807, 2.05) is 0 Å². The van der Waals surface area contributed by atoms with Gasteiger partial charge in [-0.15, -0.1) is 0 Å². The number of hydrogen-bond donors (Lipinski definition) is 3. The maximum Gasteiger partial charge on any atom is 0.312 e. The first-order valence-corrected chi connectivity index (χ1v) is 3.76. The molecule has 0 unspecified atom stereocenters. The predicted octanol–water partition coefficient (Wildman–Crippen LogP) is -0.650. The van der Waals surface area contributed by atoms with Crippen molar-refractivity contribution in [3.8, 4) is 0 Å².